The maximum Gasteiger partial charge on any atom is 0.257 e. The van der Waals surface area contributed by atoms with E-state index in [0.717, 1.165) is 31.1 Å². The summed E-state index contributed by atoms with van der Waals surface area (Å²) >= 11 is 0. The van der Waals surface area contributed by atoms with E-state index in [-0.39, 0.29) is 43.2 Å². The van der Waals surface area contributed by atoms with E-state index in [0.29, 0.717) is 17.7 Å². The van der Waals surface area contributed by atoms with E-state index in [1.54, 1.807) is 12.1 Å². The number of carbonyl (C=O) groups excluding carboxylic acids is 1. The summed E-state index contributed by atoms with van der Waals surface area (Å²) in [6.07, 6.45) is 4.20. The van der Waals surface area contributed by atoms with Crippen molar-refractivity contribution in [2.45, 2.75) is 44.2 Å². The minimum absolute atomic E-state index is 0.0809. The van der Waals surface area contributed by atoms with Gasteiger partial charge in [-0.1, -0.05) is 18.2 Å². The first kappa shape index (κ1) is 26.9. The lowest BCUT2D eigenvalue weighted by Crippen LogP contribution is -2.36. The number of carbonyl (C=O) groups is 1. The Kier molecular flexibility index (Phi) is 9.47. The molecule has 1 amide bonds. The molecule has 0 aliphatic heterocycles. The molecule has 0 heterocycles. The molecule has 3 unspecified atom stereocenters. The molecule has 8 nitrogen and oxygen atoms in total. The molecule has 10 heteroatoms. The molecule has 3 atom stereocenters. The Bertz CT molecular complexity index is 1090. The number of ether oxygens (including phenoxy) is 2. The van der Waals surface area contributed by atoms with Gasteiger partial charge in [0.2, 0.25) is 10.0 Å². The summed E-state index contributed by atoms with van der Waals surface area (Å²) in [4.78, 5) is 11.9. The van der Waals surface area contributed by atoms with Crippen LogP contribution in [0.4, 0.5) is 4.39 Å². The molecule has 0 aromatic heterocycles. The third-order valence-electron chi connectivity index (χ3n) is 6.13. The van der Waals surface area contributed by atoms with Crippen molar-refractivity contribution < 1.29 is 27.1 Å². The fourth-order valence-corrected chi connectivity index (χ4v) is 4.78. The molecule has 2 aromatic rings. The van der Waals surface area contributed by atoms with Crippen LogP contribution in [0.1, 0.15) is 49.3 Å². The van der Waals surface area contributed by atoms with Crippen LogP contribution < -0.4 is 24.8 Å². The van der Waals surface area contributed by atoms with Crippen molar-refractivity contribution in [3.8, 4) is 11.5 Å². The highest BCUT2D eigenvalue weighted by atomic mass is 32.2. The van der Waals surface area contributed by atoms with E-state index < -0.39 is 10.0 Å². The fourth-order valence-electron chi connectivity index (χ4n) is 4.31. The molecule has 0 spiro atoms. The van der Waals surface area contributed by atoms with Gasteiger partial charge in [-0.15, -0.1) is 0 Å². The Morgan fingerprint density at radius 2 is 1.89 bits per heavy atom. The molecule has 3 N–H and O–H groups in total. The van der Waals surface area contributed by atoms with Gasteiger partial charge in [0.15, 0.2) is 18.2 Å². The average Bonchev–Trinajstić information content (AvgIpc) is 3.29. The monoisotopic (exact) mass is 507 g/mol. The highest BCUT2D eigenvalue weighted by molar-refractivity contribution is 7.88. The molecular formula is C25H34FN3O5S. The van der Waals surface area contributed by atoms with E-state index in [2.05, 4.69) is 22.3 Å². The number of amides is 1. The van der Waals surface area contributed by atoms with Crippen LogP contribution in [0.25, 0.3) is 0 Å². The van der Waals surface area contributed by atoms with E-state index >= 15 is 0 Å². The third-order valence-corrected chi connectivity index (χ3v) is 6.85. The second-order valence-electron chi connectivity index (χ2n) is 8.86. The van der Waals surface area contributed by atoms with Gasteiger partial charge in [-0.25, -0.2) is 17.5 Å². The molecule has 1 saturated carbocycles. The van der Waals surface area contributed by atoms with Gasteiger partial charge in [0.1, 0.15) is 5.75 Å². The van der Waals surface area contributed by atoms with Crippen LogP contribution in [0, 0.1) is 5.82 Å². The number of rotatable bonds is 12. The van der Waals surface area contributed by atoms with E-state index in [1.165, 1.54) is 18.7 Å². The van der Waals surface area contributed by atoms with Crippen molar-refractivity contribution in [1.82, 2.24) is 15.4 Å². The summed E-state index contributed by atoms with van der Waals surface area (Å²) in [6.45, 7) is 2.26. The Labute approximate surface area is 206 Å². The first-order chi connectivity index (χ1) is 16.6. The number of hydrogen-bond acceptors (Lipinski definition) is 6. The summed E-state index contributed by atoms with van der Waals surface area (Å²) in [5.74, 6) is 0.609. The number of sulfonamides is 1. The lowest BCUT2D eigenvalue weighted by molar-refractivity contribution is -0.123. The van der Waals surface area contributed by atoms with Crippen molar-refractivity contribution >= 4 is 15.9 Å². The largest absolute Gasteiger partial charge is 0.494 e. The van der Waals surface area contributed by atoms with Gasteiger partial charge < -0.3 is 20.1 Å². The van der Waals surface area contributed by atoms with E-state index in [1.807, 2.05) is 24.3 Å². The summed E-state index contributed by atoms with van der Waals surface area (Å²) in [6, 6.07) is 13.2. The van der Waals surface area contributed by atoms with Crippen LogP contribution in [0.3, 0.4) is 0 Å². The quantitative estimate of drug-likeness (QED) is 0.382. The van der Waals surface area contributed by atoms with Gasteiger partial charge in [0.25, 0.3) is 5.91 Å². The number of methoxy groups -OCH3 is 1. The van der Waals surface area contributed by atoms with Gasteiger partial charge in [-0.3, -0.25) is 4.79 Å². The van der Waals surface area contributed by atoms with Gasteiger partial charge in [0.05, 0.1) is 13.4 Å². The molecule has 1 aliphatic rings. The van der Waals surface area contributed by atoms with E-state index in [9.17, 15) is 17.6 Å². The Balaban J connectivity index is 1.42. The Morgan fingerprint density at radius 1 is 1.14 bits per heavy atom. The van der Waals surface area contributed by atoms with Crippen LogP contribution >= 0.6 is 0 Å². The highest BCUT2D eigenvalue weighted by Gasteiger charge is 2.27. The van der Waals surface area contributed by atoms with Crippen LogP contribution in [0.15, 0.2) is 42.5 Å². The minimum atomic E-state index is -3.27. The molecule has 2 aromatic carbocycles. The predicted octanol–water partition coefficient (Wildman–Crippen LogP) is 2.87. The minimum Gasteiger partial charge on any atom is -0.494 e. The Morgan fingerprint density at radius 3 is 2.57 bits per heavy atom. The zero-order chi connectivity index (χ0) is 25.4. The van der Waals surface area contributed by atoms with E-state index in [4.69, 9.17) is 9.47 Å². The van der Waals surface area contributed by atoms with Gasteiger partial charge in [0, 0.05) is 25.2 Å². The molecule has 1 fully saturated rings. The van der Waals surface area contributed by atoms with Crippen LogP contribution in [0.5, 0.6) is 11.5 Å². The normalized spacial score (nSPS) is 18.7. The molecule has 0 radical (unpaired) electrons. The molecule has 0 bridgehead atoms. The van der Waals surface area contributed by atoms with Crippen molar-refractivity contribution in [2.75, 3.05) is 33.1 Å². The van der Waals surface area contributed by atoms with Crippen molar-refractivity contribution in [2.24, 2.45) is 0 Å². The second-order valence-corrected chi connectivity index (χ2v) is 10.7. The SMILES string of the molecule is COc1cc(C(C)NC2CCC(c3ccc(OCC(=O)NCCNS(C)(=O)=O)cc3)C2)ccc1F. The van der Waals surface area contributed by atoms with Crippen molar-refractivity contribution in [1.29, 1.82) is 0 Å². The summed E-state index contributed by atoms with van der Waals surface area (Å²) in [5.41, 5.74) is 2.22. The average molecular weight is 508 g/mol. The number of nitrogens with one attached hydrogen (secondary N) is 3. The maximum atomic E-state index is 13.7. The fraction of sp³-hybridized carbons (Fsp3) is 0.480. The van der Waals surface area contributed by atoms with Crippen molar-refractivity contribution in [3.05, 3.63) is 59.4 Å². The Hall–Kier alpha value is -2.69. The third kappa shape index (κ3) is 8.48. The molecule has 192 valence electrons. The van der Waals surface area contributed by atoms with Gasteiger partial charge in [-0.05, 0) is 67.5 Å². The molecular weight excluding hydrogens is 473 g/mol. The summed E-state index contributed by atoms with van der Waals surface area (Å²) < 4.78 is 48.6. The first-order valence-corrected chi connectivity index (χ1v) is 13.6. The maximum absolute atomic E-state index is 13.7. The predicted molar refractivity (Wildman–Crippen MR) is 133 cm³/mol. The molecule has 0 saturated heterocycles. The first-order valence-electron chi connectivity index (χ1n) is 11.7. The number of hydrogen-bond donors (Lipinski definition) is 3. The second kappa shape index (κ2) is 12.3. The lowest BCUT2D eigenvalue weighted by atomic mass is 9.97. The van der Waals surface area contributed by atoms with Crippen molar-refractivity contribution in [3.63, 3.8) is 0 Å². The molecule has 35 heavy (non-hydrogen) atoms. The highest BCUT2D eigenvalue weighted by Crippen LogP contribution is 2.36. The summed E-state index contributed by atoms with van der Waals surface area (Å²) in [5, 5.41) is 6.25. The smallest absolute Gasteiger partial charge is 0.257 e. The number of benzene rings is 2. The van der Waals surface area contributed by atoms with Gasteiger partial charge in [-0.2, -0.15) is 0 Å². The lowest BCUT2D eigenvalue weighted by Gasteiger charge is -2.21. The number of halogens is 1. The summed E-state index contributed by atoms with van der Waals surface area (Å²) in [7, 11) is -1.80. The topological polar surface area (TPSA) is 106 Å². The van der Waals surface area contributed by atoms with Crippen LogP contribution in [0.2, 0.25) is 0 Å². The van der Waals surface area contributed by atoms with Crippen LogP contribution in [-0.4, -0.2) is 53.4 Å². The van der Waals surface area contributed by atoms with Gasteiger partial charge >= 0.3 is 0 Å². The standard InChI is InChI=1S/C25H34FN3O5S/c1-17(19-7-11-23(26)24(15-19)33-2)29-21-8-4-20(14-21)18-5-9-22(10-6-18)34-16-25(30)27-12-13-28-35(3,31)32/h5-7,9-11,15,17,20-21,28-29H,4,8,12-14,16H2,1-3H3,(H,27,30). The zero-order valence-electron chi connectivity index (χ0n) is 20.3. The molecule has 1 aliphatic carbocycles. The molecule has 3 rings (SSSR count). The zero-order valence-corrected chi connectivity index (χ0v) is 21.2. The van der Waals surface area contributed by atoms with Crippen LogP contribution in [-0.2, 0) is 14.8 Å².